The molecule has 3 heteroatoms. The van der Waals surface area contributed by atoms with Crippen molar-refractivity contribution in [3.63, 3.8) is 0 Å². The van der Waals surface area contributed by atoms with Crippen molar-refractivity contribution in [2.75, 3.05) is 0 Å². The minimum atomic E-state index is 0. The van der Waals surface area contributed by atoms with Crippen LogP contribution in [0.3, 0.4) is 0 Å². The van der Waals surface area contributed by atoms with Crippen LogP contribution in [-0.2, 0) is 46.9 Å². The third kappa shape index (κ3) is 11.3. The van der Waals surface area contributed by atoms with E-state index in [0.717, 1.165) is 6.42 Å². The van der Waals surface area contributed by atoms with Crippen LogP contribution in [0.5, 0.6) is 0 Å². The second kappa shape index (κ2) is 17.2. The first kappa shape index (κ1) is 42.7. The molecule has 0 saturated carbocycles. The van der Waals surface area contributed by atoms with E-state index < -0.39 is 0 Å². The maximum atomic E-state index is 3.67. The van der Waals surface area contributed by atoms with E-state index in [1.54, 1.807) is 0 Å². The van der Waals surface area contributed by atoms with Crippen molar-refractivity contribution in [3.05, 3.63) is 159 Å². The molecule has 0 radical (unpaired) electrons. The van der Waals surface area contributed by atoms with Crippen molar-refractivity contribution in [2.24, 2.45) is 0 Å². The summed E-state index contributed by atoms with van der Waals surface area (Å²) in [5.74, 6) is 0. The number of fused-ring (bicyclic) bond motifs is 3. The third-order valence-electron chi connectivity index (χ3n) is 8.99. The Morgan fingerprint density at radius 3 is 1.55 bits per heavy atom. The van der Waals surface area contributed by atoms with E-state index in [0.29, 0.717) is 5.41 Å². The fourth-order valence-corrected chi connectivity index (χ4v) is 6.81. The molecule has 0 bridgehead atoms. The summed E-state index contributed by atoms with van der Waals surface area (Å²) in [6, 6.07) is 39.2. The summed E-state index contributed by atoms with van der Waals surface area (Å²) in [6.45, 7) is 26.8. The molecule has 258 valence electrons. The minimum absolute atomic E-state index is 0. The van der Waals surface area contributed by atoms with Gasteiger partial charge in [0.25, 0.3) is 0 Å². The van der Waals surface area contributed by atoms with Gasteiger partial charge in [-0.2, -0.15) is 35.4 Å². The average Bonchev–Trinajstić information content (AvgIpc) is 3.60. The Balaban J connectivity index is 0.000000265. The van der Waals surface area contributed by atoms with Crippen molar-refractivity contribution in [3.8, 4) is 11.1 Å². The first-order valence-electron chi connectivity index (χ1n) is 17.0. The van der Waals surface area contributed by atoms with E-state index in [-0.39, 0.29) is 35.6 Å². The molecule has 49 heavy (non-hydrogen) atoms. The maximum absolute atomic E-state index is 3.67. The van der Waals surface area contributed by atoms with Gasteiger partial charge in [-0.1, -0.05) is 98.4 Å². The first-order chi connectivity index (χ1) is 21.8. The third-order valence-corrected chi connectivity index (χ3v) is 10.4. The standard InChI is InChI=1S/C21H25.C15H14.C10H15.2ClH.Zr/c1-20(2,3)16-7-9-18-14(12-16)11-15-13-17(21(4,5)6)8-10-19(15)18;1-12-3-7-14(8-4-12)11-15-9-5-13(2)6-10-15;1-8-6-5-7-9(8)10(2,3)4;;;/h7-10,12H,11H2,1-6H3;3-10H,1-2H3;5-7H,1-4H3;2*1H;/q-1;;-1;;;+2/p-2. The number of halogens is 2. The van der Waals surface area contributed by atoms with Crippen LogP contribution in [0, 0.1) is 26.8 Å². The zero-order chi connectivity index (χ0) is 34.7. The summed E-state index contributed by atoms with van der Waals surface area (Å²) < 4.78 is 1.42. The van der Waals surface area contributed by atoms with Gasteiger partial charge in [0.05, 0.1) is 0 Å². The molecule has 0 N–H and O–H groups in total. The van der Waals surface area contributed by atoms with E-state index in [2.05, 4.69) is 186 Å². The first-order valence-corrected chi connectivity index (χ1v) is 18.2. The molecule has 0 fully saturated rings. The van der Waals surface area contributed by atoms with E-state index in [4.69, 9.17) is 0 Å². The van der Waals surface area contributed by atoms with Crippen molar-refractivity contribution in [2.45, 2.75) is 106 Å². The van der Waals surface area contributed by atoms with Crippen LogP contribution in [0.15, 0.2) is 97.1 Å². The average molecular weight is 769 g/mol. The Labute approximate surface area is 325 Å². The molecule has 0 spiro atoms. The quantitative estimate of drug-likeness (QED) is 0.187. The molecule has 5 aromatic carbocycles. The molecule has 0 aliphatic heterocycles. The van der Waals surface area contributed by atoms with Gasteiger partial charge < -0.3 is 24.8 Å². The van der Waals surface area contributed by atoms with Gasteiger partial charge in [0, 0.05) is 0 Å². The van der Waals surface area contributed by atoms with Crippen molar-refractivity contribution >= 4 is 3.21 Å². The Morgan fingerprint density at radius 2 is 1.14 bits per heavy atom. The molecule has 5 aromatic rings. The van der Waals surface area contributed by atoms with Crippen LogP contribution < -0.4 is 24.8 Å². The molecule has 6 rings (SSSR count). The summed E-state index contributed by atoms with van der Waals surface area (Å²) in [5.41, 5.74) is 17.2. The molecule has 0 amide bonds. The largest absolute Gasteiger partial charge is 1.00 e. The van der Waals surface area contributed by atoms with Crippen LogP contribution in [0.25, 0.3) is 11.1 Å². The number of hydrogen-bond donors (Lipinski definition) is 0. The Bertz CT molecular complexity index is 1710. The van der Waals surface area contributed by atoms with Crippen LogP contribution in [-0.4, -0.2) is 3.21 Å². The number of rotatable bonds is 2. The Morgan fingerprint density at radius 1 is 0.633 bits per heavy atom. The monoisotopic (exact) mass is 766 g/mol. The maximum Gasteiger partial charge on any atom is -0.0583 e. The van der Waals surface area contributed by atoms with Crippen molar-refractivity contribution < 1.29 is 49.0 Å². The molecule has 0 saturated heterocycles. The van der Waals surface area contributed by atoms with Gasteiger partial charge in [0.15, 0.2) is 0 Å². The normalized spacial score (nSPS) is 11.8. The van der Waals surface area contributed by atoms with Gasteiger partial charge >= 0.3 is 112 Å². The number of aryl methyl sites for hydroxylation is 3. The van der Waals surface area contributed by atoms with Crippen LogP contribution >= 0.6 is 0 Å². The zero-order valence-electron chi connectivity index (χ0n) is 31.7. The van der Waals surface area contributed by atoms with Crippen LogP contribution in [0.1, 0.15) is 118 Å². The number of hydrogen-bond acceptors (Lipinski definition) is 0. The fourth-order valence-electron chi connectivity index (χ4n) is 5.99. The minimum Gasteiger partial charge on any atom is -1.00 e. The van der Waals surface area contributed by atoms with Gasteiger partial charge in [-0.3, -0.25) is 0 Å². The SMILES string of the molecule is CC(C)(C)c1[c-]c2c(cc1)-c1ccc(C(C)(C)C)cc1C2.Cc1ccc([C](=[Zr+2])c2ccc(C)cc2)cc1.Cc1ccc[c-]1C(C)(C)C.[Cl-].[Cl-]. The number of benzene rings is 4. The Kier molecular flexibility index (Phi) is 15.0. The van der Waals surface area contributed by atoms with Gasteiger partial charge in [-0.25, -0.2) is 12.1 Å². The van der Waals surface area contributed by atoms with E-state index >= 15 is 0 Å². The molecule has 0 nitrogen and oxygen atoms in total. The summed E-state index contributed by atoms with van der Waals surface area (Å²) in [6.07, 6.45) is 1.03. The van der Waals surface area contributed by atoms with E-state index in [9.17, 15) is 0 Å². The summed E-state index contributed by atoms with van der Waals surface area (Å²) in [7, 11) is 0. The summed E-state index contributed by atoms with van der Waals surface area (Å²) in [4.78, 5) is 0. The zero-order valence-corrected chi connectivity index (χ0v) is 35.7. The van der Waals surface area contributed by atoms with Gasteiger partial charge in [0.2, 0.25) is 0 Å². The molecule has 1 aliphatic carbocycles. The fraction of sp³-hybridized carbons (Fsp3) is 0.348. The second-order valence-corrected chi connectivity index (χ2v) is 17.5. The van der Waals surface area contributed by atoms with E-state index in [1.165, 1.54) is 94.2 Å². The summed E-state index contributed by atoms with van der Waals surface area (Å²) in [5, 5.41) is 0. The predicted molar refractivity (Wildman–Crippen MR) is 202 cm³/mol. The van der Waals surface area contributed by atoms with Crippen molar-refractivity contribution in [1.82, 2.24) is 0 Å². The Hall–Kier alpha value is -2.44. The molecule has 0 aromatic heterocycles. The summed E-state index contributed by atoms with van der Waals surface area (Å²) >= 11 is 1.46. The predicted octanol–water partition coefficient (Wildman–Crippen LogP) is 6.09. The van der Waals surface area contributed by atoms with Crippen LogP contribution in [0.2, 0.25) is 0 Å². The molecule has 0 unspecified atom stereocenters. The molecule has 0 heterocycles. The van der Waals surface area contributed by atoms with Crippen LogP contribution in [0.4, 0.5) is 0 Å². The van der Waals surface area contributed by atoms with Gasteiger partial charge in [0.1, 0.15) is 0 Å². The van der Waals surface area contributed by atoms with Gasteiger partial charge in [-0.05, 0) is 28.4 Å². The second-order valence-electron chi connectivity index (χ2n) is 16.3. The topological polar surface area (TPSA) is 0 Å². The van der Waals surface area contributed by atoms with Crippen molar-refractivity contribution in [1.29, 1.82) is 0 Å². The molecule has 1 aliphatic rings. The molecular weight excluding hydrogens is 715 g/mol. The smallest absolute Gasteiger partial charge is 0.0583 e. The molecule has 0 atom stereocenters. The van der Waals surface area contributed by atoms with Gasteiger partial charge in [-0.15, -0.1) is 16.7 Å². The molecular formula is C46H54Cl2Zr-2. The van der Waals surface area contributed by atoms with E-state index in [1.807, 2.05) is 0 Å².